The molecule has 1 aromatic rings. The average molecular weight is 383 g/mol. The van der Waals surface area contributed by atoms with Gasteiger partial charge in [-0.3, -0.25) is 9.59 Å². The number of carbonyl (C=O) groups excluding carboxylic acids is 2. The zero-order chi connectivity index (χ0) is 20.1. The van der Waals surface area contributed by atoms with Gasteiger partial charge in [0.25, 0.3) is 5.91 Å². The van der Waals surface area contributed by atoms with Crippen LogP contribution in [-0.4, -0.2) is 53.9 Å². The summed E-state index contributed by atoms with van der Waals surface area (Å²) in [5.41, 5.74) is 2.76. The number of hydrogen-bond acceptors (Lipinski definition) is 3. The number of ether oxygens (including phenoxy) is 1. The summed E-state index contributed by atoms with van der Waals surface area (Å²) in [5, 5.41) is 0. The van der Waals surface area contributed by atoms with Crippen molar-refractivity contribution >= 4 is 11.8 Å². The van der Waals surface area contributed by atoms with E-state index in [1.165, 1.54) is 12.0 Å². The second-order valence-corrected chi connectivity index (χ2v) is 7.55. The molecule has 0 N–H and O–H groups in total. The van der Waals surface area contributed by atoms with E-state index in [-0.39, 0.29) is 17.9 Å². The Labute approximate surface area is 167 Å². The van der Waals surface area contributed by atoms with Crippen LogP contribution in [0.1, 0.15) is 48.5 Å². The molecule has 1 heterocycles. The lowest BCUT2D eigenvalue weighted by atomic mass is 9.92. The first-order valence-corrected chi connectivity index (χ1v) is 10.2. The molecule has 1 saturated carbocycles. The number of para-hydroxylation sites is 1. The summed E-state index contributed by atoms with van der Waals surface area (Å²) >= 11 is 0. The predicted molar refractivity (Wildman–Crippen MR) is 111 cm³/mol. The van der Waals surface area contributed by atoms with Crippen LogP contribution in [0.15, 0.2) is 42.5 Å². The molecular formula is C23H30N2O3. The maximum atomic E-state index is 13.2. The SMILES string of the molecule is C=CCOc1c(C)cccc1C(=O)N1CCN(C(=O)C=C2CCC2)C(CC)C1. The van der Waals surface area contributed by atoms with Gasteiger partial charge in [-0.25, -0.2) is 0 Å². The van der Waals surface area contributed by atoms with Crippen molar-refractivity contribution < 1.29 is 14.3 Å². The van der Waals surface area contributed by atoms with E-state index in [0.717, 1.165) is 24.8 Å². The van der Waals surface area contributed by atoms with E-state index in [9.17, 15) is 9.59 Å². The lowest BCUT2D eigenvalue weighted by Gasteiger charge is -2.41. The van der Waals surface area contributed by atoms with E-state index < -0.39 is 0 Å². The summed E-state index contributed by atoms with van der Waals surface area (Å²) < 4.78 is 5.77. The van der Waals surface area contributed by atoms with Crippen molar-refractivity contribution in [1.82, 2.24) is 9.80 Å². The Morgan fingerprint density at radius 2 is 2.07 bits per heavy atom. The van der Waals surface area contributed by atoms with Crippen molar-refractivity contribution in [1.29, 1.82) is 0 Å². The molecule has 0 spiro atoms. The van der Waals surface area contributed by atoms with Gasteiger partial charge in [0, 0.05) is 31.8 Å². The van der Waals surface area contributed by atoms with E-state index in [2.05, 4.69) is 13.5 Å². The Morgan fingerprint density at radius 3 is 2.71 bits per heavy atom. The summed E-state index contributed by atoms with van der Waals surface area (Å²) in [6.07, 6.45) is 7.58. The summed E-state index contributed by atoms with van der Waals surface area (Å²) in [4.78, 5) is 29.6. The smallest absolute Gasteiger partial charge is 0.257 e. The number of amides is 2. The van der Waals surface area contributed by atoms with E-state index in [4.69, 9.17) is 4.74 Å². The van der Waals surface area contributed by atoms with Crippen LogP contribution in [0.2, 0.25) is 0 Å². The number of aryl methyl sites for hydroxylation is 1. The lowest BCUT2D eigenvalue weighted by Crippen LogP contribution is -2.56. The second kappa shape index (κ2) is 9.09. The minimum Gasteiger partial charge on any atom is -0.488 e. The largest absolute Gasteiger partial charge is 0.488 e. The van der Waals surface area contributed by atoms with Gasteiger partial charge >= 0.3 is 0 Å². The minimum atomic E-state index is -0.0364. The van der Waals surface area contributed by atoms with Crippen molar-refractivity contribution in [3.63, 3.8) is 0 Å². The third-order valence-corrected chi connectivity index (χ3v) is 5.64. The summed E-state index contributed by atoms with van der Waals surface area (Å²) in [7, 11) is 0. The molecule has 1 unspecified atom stereocenters. The molecule has 5 nitrogen and oxygen atoms in total. The van der Waals surface area contributed by atoms with Gasteiger partial charge in [0.1, 0.15) is 12.4 Å². The number of allylic oxidation sites excluding steroid dienone is 1. The highest BCUT2D eigenvalue weighted by Gasteiger charge is 2.32. The molecule has 1 aromatic carbocycles. The molecule has 2 amide bonds. The van der Waals surface area contributed by atoms with Crippen molar-refractivity contribution in [3.8, 4) is 5.75 Å². The van der Waals surface area contributed by atoms with Crippen molar-refractivity contribution in [2.24, 2.45) is 0 Å². The molecule has 150 valence electrons. The van der Waals surface area contributed by atoms with Crippen molar-refractivity contribution in [3.05, 3.63) is 53.6 Å². The van der Waals surface area contributed by atoms with Crippen molar-refractivity contribution in [2.75, 3.05) is 26.2 Å². The molecule has 1 aliphatic carbocycles. The van der Waals surface area contributed by atoms with Gasteiger partial charge in [0.05, 0.1) is 5.56 Å². The normalized spacial score (nSPS) is 19.1. The first kappa shape index (κ1) is 20.2. The highest BCUT2D eigenvalue weighted by molar-refractivity contribution is 5.97. The van der Waals surface area contributed by atoms with Gasteiger partial charge in [-0.15, -0.1) is 0 Å². The van der Waals surface area contributed by atoms with E-state index in [1.54, 1.807) is 6.08 Å². The summed E-state index contributed by atoms with van der Waals surface area (Å²) in [6.45, 7) is 9.72. The number of benzene rings is 1. The number of piperazine rings is 1. The van der Waals surface area contributed by atoms with Gasteiger partial charge in [0.15, 0.2) is 0 Å². The standard InChI is InChI=1S/C23H30N2O3/c1-4-14-28-22-17(3)8-6-11-20(22)23(27)24-12-13-25(19(5-2)16-24)21(26)15-18-9-7-10-18/h4,6,8,11,15,19H,1,5,7,9-10,12-14,16H2,2-3H3. The van der Waals surface area contributed by atoms with Gasteiger partial charge < -0.3 is 14.5 Å². The molecule has 1 aliphatic heterocycles. The average Bonchev–Trinajstić information content (AvgIpc) is 2.68. The quantitative estimate of drug-likeness (QED) is 0.556. The second-order valence-electron chi connectivity index (χ2n) is 7.55. The highest BCUT2D eigenvalue weighted by atomic mass is 16.5. The summed E-state index contributed by atoms with van der Waals surface area (Å²) in [6, 6.07) is 5.68. The molecule has 0 radical (unpaired) electrons. The fraction of sp³-hybridized carbons (Fsp3) is 0.478. The minimum absolute atomic E-state index is 0.0364. The third kappa shape index (κ3) is 4.29. The Hall–Kier alpha value is -2.56. The van der Waals surface area contributed by atoms with Crippen LogP contribution >= 0.6 is 0 Å². The zero-order valence-electron chi connectivity index (χ0n) is 16.9. The Kier molecular flexibility index (Phi) is 6.55. The van der Waals surface area contributed by atoms with Gasteiger partial charge in [-0.05, 0) is 44.2 Å². The predicted octanol–water partition coefficient (Wildman–Crippen LogP) is 3.73. The molecule has 1 atom stereocenters. The van der Waals surface area contributed by atoms with Crippen LogP contribution in [0.4, 0.5) is 0 Å². The van der Waals surface area contributed by atoms with Gasteiger partial charge in [-0.1, -0.05) is 37.3 Å². The van der Waals surface area contributed by atoms with E-state index in [1.807, 2.05) is 41.0 Å². The molecule has 2 fully saturated rings. The zero-order valence-corrected chi connectivity index (χ0v) is 16.9. The Bertz CT molecular complexity index is 778. The Balaban J connectivity index is 1.73. The Morgan fingerprint density at radius 1 is 1.29 bits per heavy atom. The van der Waals surface area contributed by atoms with E-state index >= 15 is 0 Å². The first-order valence-electron chi connectivity index (χ1n) is 10.2. The van der Waals surface area contributed by atoms with Crippen LogP contribution in [-0.2, 0) is 4.79 Å². The fourth-order valence-corrected chi connectivity index (χ4v) is 3.79. The molecule has 28 heavy (non-hydrogen) atoms. The van der Waals surface area contributed by atoms with Crippen LogP contribution in [0.3, 0.4) is 0 Å². The molecular weight excluding hydrogens is 352 g/mol. The molecule has 0 aromatic heterocycles. The van der Waals surface area contributed by atoms with Crippen LogP contribution in [0.5, 0.6) is 5.75 Å². The van der Waals surface area contributed by atoms with Crippen molar-refractivity contribution in [2.45, 2.75) is 45.6 Å². The molecule has 3 rings (SSSR count). The third-order valence-electron chi connectivity index (χ3n) is 5.64. The molecule has 5 heteroatoms. The maximum Gasteiger partial charge on any atom is 0.257 e. The van der Waals surface area contributed by atoms with Crippen LogP contribution in [0, 0.1) is 6.92 Å². The molecule has 2 aliphatic rings. The van der Waals surface area contributed by atoms with Gasteiger partial charge in [0.2, 0.25) is 5.91 Å². The highest BCUT2D eigenvalue weighted by Crippen LogP contribution is 2.28. The summed E-state index contributed by atoms with van der Waals surface area (Å²) in [5.74, 6) is 0.679. The number of hydrogen-bond donors (Lipinski definition) is 0. The maximum absolute atomic E-state index is 13.2. The van der Waals surface area contributed by atoms with Crippen LogP contribution in [0.25, 0.3) is 0 Å². The van der Waals surface area contributed by atoms with Gasteiger partial charge in [-0.2, -0.15) is 0 Å². The fourth-order valence-electron chi connectivity index (χ4n) is 3.79. The topological polar surface area (TPSA) is 49.9 Å². The lowest BCUT2D eigenvalue weighted by molar-refractivity contribution is -0.130. The number of carbonyl (C=O) groups is 2. The number of nitrogens with zero attached hydrogens (tertiary/aromatic N) is 2. The van der Waals surface area contributed by atoms with E-state index in [0.29, 0.717) is 37.6 Å². The monoisotopic (exact) mass is 382 g/mol. The molecule has 0 bridgehead atoms. The van der Waals surface area contributed by atoms with Crippen LogP contribution < -0.4 is 4.74 Å². The first-order chi connectivity index (χ1) is 13.5. The molecule has 1 saturated heterocycles. The number of rotatable bonds is 6.